The molecule has 252 valence electrons. The molecule has 0 saturated heterocycles. The summed E-state index contributed by atoms with van der Waals surface area (Å²) in [5.41, 5.74) is 0.757. The van der Waals surface area contributed by atoms with Gasteiger partial charge < -0.3 is 39.1 Å². The van der Waals surface area contributed by atoms with Crippen LogP contribution in [0.3, 0.4) is 0 Å². The molecule has 4 aromatic carbocycles. The lowest BCUT2D eigenvalue weighted by Gasteiger charge is -2.38. The first-order valence-corrected chi connectivity index (χ1v) is 15.8. The highest BCUT2D eigenvalue weighted by Crippen LogP contribution is 2.50. The van der Waals surface area contributed by atoms with Crippen LogP contribution in [0.15, 0.2) is 109 Å². The zero-order valence-corrected chi connectivity index (χ0v) is 27.2. The second-order valence-electron chi connectivity index (χ2n) is 12.9. The molecule has 5 N–H and O–H groups in total. The molecule has 2 aromatic heterocycles. The molecule has 7 rings (SSSR count). The highest BCUT2D eigenvalue weighted by atomic mass is 16.5. The van der Waals surface area contributed by atoms with Gasteiger partial charge in [-0.15, -0.1) is 0 Å². The Kier molecular flexibility index (Phi) is 7.66. The smallest absolute Gasteiger partial charge is 0.204 e. The van der Waals surface area contributed by atoms with Crippen LogP contribution in [0.2, 0.25) is 0 Å². The van der Waals surface area contributed by atoms with Crippen LogP contribution in [-0.2, 0) is 0 Å². The van der Waals surface area contributed by atoms with Crippen molar-refractivity contribution in [3.63, 3.8) is 0 Å². The average Bonchev–Trinajstić information content (AvgIpc) is 3.05. The highest BCUT2D eigenvalue weighted by molar-refractivity contribution is 5.93. The summed E-state index contributed by atoms with van der Waals surface area (Å²) in [4.78, 5) is 27.2. The van der Waals surface area contributed by atoms with Gasteiger partial charge in [-0.2, -0.15) is 0 Å². The number of benzene rings is 4. The maximum absolute atomic E-state index is 13.7. The Morgan fingerprint density at radius 1 is 0.760 bits per heavy atom. The summed E-state index contributed by atoms with van der Waals surface area (Å²) in [6.07, 6.45) is 7.91. The fraction of sp³-hybridized carbons (Fsp3) is 0.150. The molecule has 0 amide bonds. The van der Waals surface area contributed by atoms with Gasteiger partial charge >= 0.3 is 0 Å². The largest absolute Gasteiger partial charge is 0.508 e. The molecule has 0 bridgehead atoms. The maximum atomic E-state index is 13.7. The van der Waals surface area contributed by atoms with E-state index in [-0.39, 0.29) is 67.4 Å². The molecule has 0 fully saturated rings. The minimum Gasteiger partial charge on any atom is -0.508 e. The van der Waals surface area contributed by atoms with E-state index in [9.17, 15) is 35.1 Å². The van der Waals surface area contributed by atoms with Crippen molar-refractivity contribution in [1.29, 1.82) is 0 Å². The molecular formula is C40H32O10. The van der Waals surface area contributed by atoms with Crippen molar-refractivity contribution in [2.24, 2.45) is 0 Å². The Hall–Kier alpha value is -6.42. The van der Waals surface area contributed by atoms with Crippen molar-refractivity contribution in [2.45, 2.75) is 38.7 Å². The Morgan fingerprint density at radius 2 is 1.28 bits per heavy atom. The van der Waals surface area contributed by atoms with E-state index >= 15 is 0 Å². The topological polar surface area (TPSA) is 171 Å². The molecule has 50 heavy (non-hydrogen) atoms. The summed E-state index contributed by atoms with van der Waals surface area (Å²) in [7, 11) is 0. The van der Waals surface area contributed by atoms with Crippen LogP contribution < -0.4 is 15.6 Å². The Labute approximate surface area is 284 Å². The van der Waals surface area contributed by atoms with E-state index in [0.29, 0.717) is 23.1 Å². The molecule has 1 aliphatic heterocycles. The van der Waals surface area contributed by atoms with Gasteiger partial charge in [-0.05, 0) is 68.3 Å². The van der Waals surface area contributed by atoms with Crippen LogP contribution in [0.5, 0.6) is 34.5 Å². The van der Waals surface area contributed by atoms with Crippen molar-refractivity contribution in [1.82, 2.24) is 0 Å². The van der Waals surface area contributed by atoms with Gasteiger partial charge in [0.05, 0.1) is 16.7 Å². The Balaban J connectivity index is 1.31. The summed E-state index contributed by atoms with van der Waals surface area (Å²) in [5, 5.41) is 53.1. The average molecular weight is 673 g/mol. The fourth-order valence-corrected chi connectivity index (χ4v) is 6.55. The number of hydrogen-bond donors (Lipinski definition) is 5. The number of phenolic OH excluding ortho intramolecular Hbond substituents is 5. The zero-order chi connectivity index (χ0) is 35.5. The lowest BCUT2D eigenvalue weighted by molar-refractivity contribution is 0.107. The molecule has 0 radical (unpaired) electrons. The third-order valence-electron chi connectivity index (χ3n) is 8.93. The summed E-state index contributed by atoms with van der Waals surface area (Å²) < 4.78 is 17.9. The number of aromatic hydroxyl groups is 5. The molecule has 3 heterocycles. The molecule has 6 aromatic rings. The quantitative estimate of drug-likeness (QED) is 0.113. The normalized spacial score (nSPS) is 17.1. The first-order valence-electron chi connectivity index (χ1n) is 15.8. The summed E-state index contributed by atoms with van der Waals surface area (Å²) in [6, 6.07) is 14.9. The van der Waals surface area contributed by atoms with Gasteiger partial charge in [-0.3, -0.25) is 9.59 Å². The molecule has 0 spiro atoms. The fourth-order valence-electron chi connectivity index (χ4n) is 6.55. The molecule has 0 saturated carbocycles. The standard InChI is InChI=1S/C40H32O10/c1-20(2)14-23-17-40(3,50-32-16-31-35(39(47)33(23)32)38(46)28(19-49-31)22-6-10-25(42)11-7-22)13-12-26-29(43)15-30-34(36(26)44)37(45)27(18-48-30)21-4-8-24(41)9-5-21/h4-16,18-19,23,41-44,47H,17H2,1-3H3/b13-12+/t23-,40+/m1/s1. The van der Waals surface area contributed by atoms with Crippen molar-refractivity contribution in [3.8, 4) is 56.8 Å². The number of fused-ring (bicyclic) bond motifs is 3. The minimum atomic E-state index is -1.07. The molecule has 10 nitrogen and oxygen atoms in total. The zero-order valence-electron chi connectivity index (χ0n) is 27.2. The number of phenols is 5. The molecular weight excluding hydrogens is 640 g/mol. The van der Waals surface area contributed by atoms with Gasteiger partial charge in [-0.25, -0.2) is 0 Å². The number of rotatable bonds is 5. The van der Waals surface area contributed by atoms with Crippen LogP contribution in [0.4, 0.5) is 0 Å². The van der Waals surface area contributed by atoms with Crippen molar-refractivity contribution >= 4 is 28.0 Å². The van der Waals surface area contributed by atoms with Gasteiger partial charge in [0.2, 0.25) is 10.9 Å². The Morgan fingerprint density at radius 3 is 1.82 bits per heavy atom. The molecule has 2 atom stereocenters. The maximum Gasteiger partial charge on any atom is 0.204 e. The highest BCUT2D eigenvalue weighted by Gasteiger charge is 2.38. The van der Waals surface area contributed by atoms with Crippen molar-refractivity contribution < 1.29 is 39.1 Å². The monoisotopic (exact) mass is 672 g/mol. The van der Waals surface area contributed by atoms with E-state index in [1.807, 2.05) is 19.9 Å². The lowest BCUT2D eigenvalue weighted by Crippen LogP contribution is -2.36. The Bertz CT molecular complexity index is 2500. The summed E-state index contributed by atoms with van der Waals surface area (Å²) >= 11 is 0. The first-order chi connectivity index (χ1) is 23.8. The van der Waals surface area contributed by atoms with E-state index in [1.165, 1.54) is 48.9 Å². The van der Waals surface area contributed by atoms with Crippen molar-refractivity contribution in [3.05, 3.63) is 122 Å². The van der Waals surface area contributed by atoms with Gasteiger partial charge in [-0.1, -0.05) is 35.9 Å². The predicted molar refractivity (Wildman–Crippen MR) is 189 cm³/mol. The third-order valence-corrected chi connectivity index (χ3v) is 8.93. The number of ether oxygens (including phenoxy) is 1. The molecule has 10 heteroatoms. The van der Waals surface area contributed by atoms with Crippen LogP contribution in [0, 0.1) is 0 Å². The molecule has 0 aliphatic carbocycles. The molecule has 0 unspecified atom stereocenters. The van der Waals surface area contributed by atoms with Gasteiger partial charge in [0.1, 0.15) is 74.6 Å². The van der Waals surface area contributed by atoms with Crippen LogP contribution in [0.1, 0.15) is 44.2 Å². The van der Waals surface area contributed by atoms with Crippen LogP contribution in [0.25, 0.3) is 50.3 Å². The van der Waals surface area contributed by atoms with E-state index in [2.05, 4.69) is 0 Å². The minimum absolute atomic E-state index is 0.000684. The third kappa shape index (κ3) is 5.50. The second-order valence-corrected chi connectivity index (χ2v) is 12.9. The first kappa shape index (κ1) is 32.1. The molecule has 1 aliphatic rings. The van der Waals surface area contributed by atoms with Gasteiger partial charge in [0.25, 0.3) is 0 Å². The predicted octanol–water partition coefficient (Wildman–Crippen LogP) is 8.07. The van der Waals surface area contributed by atoms with Crippen LogP contribution >= 0.6 is 0 Å². The van der Waals surface area contributed by atoms with E-state index in [4.69, 9.17) is 13.6 Å². The van der Waals surface area contributed by atoms with E-state index in [1.54, 1.807) is 43.3 Å². The van der Waals surface area contributed by atoms with E-state index in [0.717, 1.165) is 5.57 Å². The lowest BCUT2D eigenvalue weighted by atomic mass is 9.81. The van der Waals surface area contributed by atoms with Gasteiger partial charge in [0, 0.05) is 30.0 Å². The SMILES string of the molecule is CC(C)=C[C@@H]1C[C@](C)(/C=C/c2c(O)cc3occ(-c4ccc(O)cc4)c(=O)c3c2O)Oc2cc3occ(-c4ccc(O)cc4)c(=O)c3c(O)c21. The summed E-state index contributed by atoms with van der Waals surface area (Å²) in [5.74, 6) is -1.14. The summed E-state index contributed by atoms with van der Waals surface area (Å²) in [6.45, 7) is 5.64. The van der Waals surface area contributed by atoms with Gasteiger partial charge in [0.15, 0.2) is 0 Å². The number of allylic oxidation sites excluding steroid dienone is 2. The van der Waals surface area contributed by atoms with Crippen LogP contribution in [-0.4, -0.2) is 31.1 Å². The second kappa shape index (κ2) is 11.9. The van der Waals surface area contributed by atoms with E-state index < -0.39 is 28.1 Å². The number of hydrogen-bond acceptors (Lipinski definition) is 10. The van der Waals surface area contributed by atoms with Crippen molar-refractivity contribution in [2.75, 3.05) is 0 Å².